The van der Waals surface area contributed by atoms with E-state index >= 15 is 0 Å². The number of hydrogen-bond donors (Lipinski definition) is 1. The smallest absolute Gasteiger partial charge is 0.125 e. The molecule has 0 heterocycles. The molecule has 0 atom stereocenters. The highest BCUT2D eigenvalue weighted by Gasteiger charge is 2.13. The summed E-state index contributed by atoms with van der Waals surface area (Å²) in [6.45, 7) is 0. The van der Waals surface area contributed by atoms with Gasteiger partial charge in [0.15, 0.2) is 0 Å². The minimum Gasteiger partial charge on any atom is -0.374 e. The number of benzene rings is 3. The lowest BCUT2D eigenvalue weighted by Crippen LogP contribution is -2.12. The van der Waals surface area contributed by atoms with Crippen molar-refractivity contribution in [2.24, 2.45) is 0 Å². The molecule has 0 unspecified atom stereocenters. The van der Waals surface area contributed by atoms with Crippen LogP contribution in [0.1, 0.15) is 17.2 Å². The molecule has 1 nitrogen and oxygen atoms in total. The van der Waals surface area contributed by atoms with Crippen LogP contribution < -0.4 is 5.32 Å². The molecule has 0 saturated heterocycles. The second-order valence-electron chi connectivity index (χ2n) is 4.91. The van der Waals surface area contributed by atoms with Crippen molar-refractivity contribution < 1.29 is 4.39 Å². The largest absolute Gasteiger partial charge is 0.374 e. The molecule has 0 bridgehead atoms. The first-order chi connectivity index (χ1) is 10.3. The van der Waals surface area contributed by atoms with Gasteiger partial charge in [0.2, 0.25) is 0 Å². The summed E-state index contributed by atoms with van der Waals surface area (Å²) in [6, 6.07) is 26.9. The van der Waals surface area contributed by atoms with Crippen LogP contribution in [0.3, 0.4) is 0 Å². The fourth-order valence-electron chi connectivity index (χ4n) is 2.40. The second kappa shape index (κ2) is 6.23. The third-order valence-corrected chi connectivity index (χ3v) is 3.40. The van der Waals surface area contributed by atoms with Crippen molar-refractivity contribution in [2.75, 3.05) is 5.32 Å². The second-order valence-corrected chi connectivity index (χ2v) is 4.91. The van der Waals surface area contributed by atoms with Gasteiger partial charge in [0.1, 0.15) is 5.82 Å². The van der Waals surface area contributed by atoms with Gasteiger partial charge in [0, 0.05) is 5.69 Å². The van der Waals surface area contributed by atoms with E-state index in [1.54, 1.807) is 6.07 Å². The highest BCUT2D eigenvalue weighted by molar-refractivity contribution is 5.49. The quantitative estimate of drug-likeness (QED) is 0.705. The maximum absolute atomic E-state index is 13.4. The van der Waals surface area contributed by atoms with Gasteiger partial charge in [0.05, 0.1) is 6.04 Å². The van der Waals surface area contributed by atoms with Crippen molar-refractivity contribution in [3.05, 3.63) is 102 Å². The lowest BCUT2D eigenvalue weighted by molar-refractivity contribution is 0.628. The van der Waals surface area contributed by atoms with Crippen LogP contribution in [0, 0.1) is 5.82 Å². The van der Waals surface area contributed by atoms with Crippen LogP contribution in [0.15, 0.2) is 84.9 Å². The summed E-state index contributed by atoms with van der Waals surface area (Å²) in [5.41, 5.74) is 3.06. The van der Waals surface area contributed by atoms with E-state index in [0.29, 0.717) is 0 Å². The summed E-state index contributed by atoms with van der Waals surface area (Å²) in [6.07, 6.45) is 0. The van der Waals surface area contributed by atoms with Crippen LogP contribution in [0.25, 0.3) is 0 Å². The van der Waals surface area contributed by atoms with E-state index in [9.17, 15) is 4.39 Å². The first kappa shape index (κ1) is 13.4. The third kappa shape index (κ3) is 3.29. The molecule has 104 valence electrons. The van der Waals surface area contributed by atoms with Crippen molar-refractivity contribution in [1.29, 1.82) is 0 Å². The maximum atomic E-state index is 13.4. The fraction of sp³-hybridized carbons (Fsp3) is 0.0526. The zero-order valence-corrected chi connectivity index (χ0v) is 11.5. The van der Waals surface area contributed by atoms with Crippen LogP contribution in [0.2, 0.25) is 0 Å². The molecule has 3 aromatic rings. The number of halogens is 1. The lowest BCUT2D eigenvalue weighted by Gasteiger charge is -2.21. The summed E-state index contributed by atoms with van der Waals surface area (Å²) in [5.74, 6) is -0.236. The Morgan fingerprint density at radius 2 is 1.24 bits per heavy atom. The Morgan fingerprint density at radius 1 is 0.667 bits per heavy atom. The standard InChI is InChI=1S/C19H16FN/c20-17-12-7-13-18(14-17)21-19(15-8-3-1-4-9-15)16-10-5-2-6-11-16/h1-14,19,21H. The van der Waals surface area contributed by atoms with Crippen molar-refractivity contribution in [1.82, 2.24) is 0 Å². The van der Waals surface area contributed by atoms with E-state index in [4.69, 9.17) is 0 Å². The van der Waals surface area contributed by atoms with E-state index in [1.807, 2.05) is 42.5 Å². The van der Waals surface area contributed by atoms with E-state index in [-0.39, 0.29) is 11.9 Å². The average molecular weight is 277 g/mol. The molecule has 0 aliphatic heterocycles. The van der Waals surface area contributed by atoms with E-state index in [0.717, 1.165) is 16.8 Å². The van der Waals surface area contributed by atoms with Crippen LogP contribution in [0.4, 0.5) is 10.1 Å². The Hall–Kier alpha value is -2.61. The molecule has 0 spiro atoms. The molecule has 0 aliphatic rings. The first-order valence-corrected chi connectivity index (χ1v) is 6.95. The number of hydrogen-bond acceptors (Lipinski definition) is 1. The maximum Gasteiger partial charge on any atom is 0.125 e. The van der Waals surface area contributed by atoms with Gasteiger partial charge in [-0.05, 0) is 29.3 Å². The molecular weight excluding hydrogens is 261 g/mol. The predicted octanol–water partition coefficient (Wildman–Crippen LogP) is 5.03. The zero-order chi connectivity index (χ0) is 14.5. The van der Waals surface area contributed by atoms with Crippen LogP contribution in [-0.2, 0) is 0 Å². The summed E-state index contributed by atoms with van der Waals surface area (Å²) in [5, 5.41) is 3.41. The van der Waals surface area contributed by atoms with E-state index < -0.39 is 0 Å². The predicted molar refractivity (Wildman–Crippen MR) is 84.7 cm³/mol. The molecule has 3 aromatic carbocycles. The number of rotatable bonds is 4. The Bertz CT molecular complexity index is 656. The van der Waals surface area contributed by atoms with Gasteiger partial charge in [-0.25, -0.2) is 4.39 Å². The fourth-order valence-corrected chi connectivity index (χ4v) is 2.40. The van der Waals surface area contributed by atoms with Gasteiger partial charge in [-0.15, -0.1) is 0 Å². The van der Waals surface area contributed by atoms with Gasteiger partial charge in [-0.3, -0.25) is 0 Å². The van der Waals surface area contributed by atoms with Crippen LogP contribution >= 0.6 is 0 Å². The van der Waals surface area contributed by atoms with Crippen molar-refractivity contribution >= 4 is 5.69 Å². The molecule has 21 heavy (non-hydrogen) atoms. The number of anilines is 1. The highest BCUT2D eigenvalue weighted by atomic mass is 19.1. The minimum atomic E-state index is -0.236. The van der Waals surface area contributed by atoms with Crippen LogP contribution in [0.5, 0.6) is 0 Å². The Labute approximate surface area is 124 Å². The van der Waals surface area contributed by atoms with Crippen molar-refractivity contribution in [2.45, 2.75) is 6.04 Å². The molecule has 0 radical (unpaired) electrons. The zero-order valence-electron chi connectivity index (χ0n) is 11.5. The SMILES string of the molecule is Fc1cccc(NC(c2ccccc2)c2ccccc2)c1. The Morgan fingerprint density at radius 3 is 1.76 bits per heavy atom. The number of nitrogens with one attached hydrogen (secondary N) is 1. The Balaban J connectivity index is 1.97. The molecule has 0 saturated carbocycles. The summed E-state index contributed by atoms with van der Waals surface area (Å²) < 4.78 is 13.4. The average Bonchev–Trinajstić information content (AvgIpc) is 2.54. The molecule has 0 aliphatic carbocycles. The summed E-state index contributed by atoms with van der Waals surface area (Å²) in [7, 11) is 0. The lowest BCUT2D eigenvalue weighted by atomic mass is 9.98. The topological polar surface area (TPSA) is 12.0 Å². The summed E-state index contributed by atoms with van der Waals surface area (Å²) in [4.78, 5) is 0. The van der Waals surface area contributed by atoms with Gasteiger partial charge >= 0.3 is 0 Å². The normalized spacial score (nSPS) is 10.6. The molecule has 0 amide bonds. The minimum absolute atomic E-state index is 0.00537. The highest BCUT2D eigenvalue weighted by Crippen LogP contribution is 2.26. The van der Waals surface area contributed by atoms with Gasteiger partial charge in [-0.1, -0.05) is 66.7 Å². The molecule has 3 rings (SSSR count). The van der Waals surface area contributed by atoms with Crippen LogP contribution in [-0.4, -0.2) is 0 Å². The molecule has 0 fully saturated rings. The molecule has 2 heteroatoms. The monoisotopic (exact) mass is 277 g/mol. The molecule has 0 aromatic heterocycles. The van der Waals surface area contributed by atoms with E-state index in [2.05, 4.69) is 29.6 Å². The van der Waals surface area contributed by atoms with Crippen molar-refractivity contribution in [3.8, 4) is 0 Å². The van der Waals surface area contributed by atoms with E-state index in [1.165, 1.54) is 12.1 Å². The molecule has 1 N–H and O–H groups in total. The van der Waals surface area contributed by atoms with Gasteiger partial charge in [-0.2, -0.15) is 0 Å². The molecular formula is C19H16FN. The summed E-state index contributed by atoms with van der Waals surface area (Å²) >= 11 is 0. The first-order valence-electron chi connectivity index (χ1n) is 6.95. The Kier molecular flexibility index (Phi) is 3.97. The van der Waals surface area contributed by atoms with Crippen molar-refractivity contribution in [3.63, 3.8) is 0 Å². The van der Waals surface area contributed by atoms with Gasteiger partial charge < -0.3 is 5.32 Å². The van der Waals surface area contributed by atoms with Gasteiger partial charge in [0.25, 0.3) is 0 Å². The third-order valence-electron chi connectivity index (χ3n) is 3.40.